The minimum atomic E-state index is -2.24. The van der Waals surface area contributed by atoms with E-state index in [1.165, 1.54) is 18.2 Å². The third-order valence-corrected chi connectivity index (χ3v) is 5.34. The van der Waals surface area contributed by atoms with Crippen LogP contribution in [0.4, 0.5) is 14.4 Å². The number of aliphatic carboxylic acids is 1. The highest BCUT2D eigenvalue weighted by atomic mass is 16.8. The number of benzene rings is 1. The predicted molar refractivity (Wildman–Crippen MR) is 144 cm³/mol. The first-order valence-electron chi connectivity index (χ1n) is 13.3. The summed E-state index contributed by atoms with van der Waals surface area (Å²) in [7, 11) is 0. The third kappa shape index (κ3) is 12.1. The van der Waals surface area contributed by atoms with Gasteiger partial charge in [0.15, 0.2) is 11.5 Å². The molecule has 0 heterocycles. The second-order valence-corrected chi connectivity index (χ2v) is 11.0. The molecule has 226 valence electrons. The van der Waals surface area contributed by atoms with Gasteiger partial charge in [0.25, 0.3) is 5.72 Å². The van der Waals surface area contributed by atoms with E-state index in [1.807, 2.05) is 34.6 Å². The van der Waals surface area contributed by atoms with Gasteiger partial charge >= 0.3 is 24.4 Å². The summed E-state index contributed by atoms with van der Waals surface area (Å²) < 4.78 is 31.3. The first-order valence-corrected chi connectivity index (χ1v) is 13.3. The van der Waals surface area contributed by atoms with Gasteiger partial charge in [0.2, 0.25) is 0 Å². The van der Waals surface area contributed by atoms with Crippen LogP contribution in [0.2, 0.25) is 0 Å². The molecule has 0 aromatic heterocycles. The zero-order valence-corrected chi connectivity index (χ0v) is 24.8. The van der Waals surface area contributed by atoms with Crippen LogP contribution in [0.25, 0.3) is 0 Å². The maximum atomic E-state index is 12.5. The summed E-state index contributed by atoms with van der Waals surface area (Å²) in [5.41, 5.74) is -2.36. The van der Waals surface area contributed by atoms with Crippen molar-refractivity contribution in [3.63, 3.8) is 0 Å². The van der Waals surface area contributed by atoms with Crippen LogP contribution in [0.15, 0.2) is 18.2 Å². The number of ether oxygens (including phenoxy) is 6. The van der Waals surface area contributed by atoms with Crippen molar-refractivity contribution < 1.29 is 52.7 Å². The van der Waals surface area contributed by atoms with E-state index >= 15 is 0 Å². The number of carbonyl (C=O) groups excluding carboxylic acids is 3. The van der Waals surface area contributed by atoms with E-state index in [2.05, 4.69) is 5.32 Å². The van der Waals surface area contributed by atoms with Crippen molar-refractivity contribution in [2.24, 2.45) is 5.41 Å². The SMILES string of the molecule is CCC(C)OC(=O)Oc1ccc(C[C@](NC(C)C)(OC(=O)OCC(C)(C)C)C(=O)O)cc1OC(=O)OC(C)CC. The Morgan fingerprint density at radius 3 is 1.82 bits per heavy atom. The van der Waals surface area contributed by atoms with Crippen molar-refractivity contribution >= 4 is 24.4 Å². The van der Waals surface area contributed by atoms with Gasteiger partial charge in [0.05, 0.1) is 6.61 Å². The average molecular weight is 570 g/mol. The number of carboxylic acids is 1. The molecule has 3 atom stereocenters. The molecular formula is C28H43NO11. The largest absolute Gasteiger partial charge is 0.514 e. The molecular weight excluding hydrogens is 526 g/mol. The lowest BCUT2D eigenvalue weighted by atomic mass is 9.99. The second-order valence-electron chi connectivity index (χ2n) is 11.0. The van der Waals surface area contributed by atoms with E-state index in [0.717, 1.165) is 0 Å². The van der Waals surface area contributed by atoms with Crippen LogP contribution in [0.3, 0.4) is 0 Å². The Kier molecular flexibility index (Phi) is 13.2. The van der Waals surface area contributed by atoms with Gasteiger partial charge in [-0.15, -0.1) is 0 Å². The van der Waals surface area contributed by atoms with E-state index in [9.17, 15) is 24.3 Å². The van der Waals surface area contributed by atoms with Crippen molar-refractivity contribution in [3.8, 4) is 11.5 Å². The zero-order chi connectivity index (χ0) is 30.7. The molecule has 0 saturated heterocycles. The zero-order valence-electron chi connectivity index (χ0n) is 24.8. The fraction of sp³-hybridized carbons (Fsp3) is 0.643. The predicted octanol–water partition coefficient (Wildman–Crippen LogP) is 5.84. The van der Waals surface area contributed by atoms with E-state index in [4.69, 9.17) is 28.4 Å². The summed E-state index contributed by atoms with van der Waals surface area (Å²) in [4.78, 5) is 49.6. The third-order valence-electron chi connectivity index (χ3n) is 5.34. The number of nitrogens with one attached hydrogen (secondary N) is 1. The Morgan fingerprint density at radius 2 is 1.38 bits per heavy atom. The van der Waals surface area contributed by atoms with Gasteiger partial charge < -0.3 is 33.5 Å². The molecule has 0 amide bonds. The number of carboxylic acid groups (broad SMARTS) is 1. The number of carbonyl (C=O) groups is 4. The molecule has 1 rings (SSSR count). The quantitative estimate of drug-likeness (QED) is 0.127. The van der Waals surface area contributed by atoms with Crippen molar-refractivity contribution in [2.45, 2.75) is 106 Å². The van der Waals surface area contributed by atoms with Crippen molar-refractivity contribution in [2.75, 3.05) is 6.61 Å². The van der Waals surface area contributed by atoms with Crippen LogP contribution in [0.1, 0.15) is 80.7 Å². The van der Waals surface area contributed by atoms with Gasteiger partial charge in [0, 0.05) is 12.5 Å². The highest BCUT2D eigenvalue weighted by Crippen LogP contribution is 2.32. The summed E-state index contributed by atoms with van der Waals surface area (Å²) >= 11 is 0. The normalized spacial score (nSPS) is 14.3. The van der Waals surface area contributed by atoms with Crippen LogP contribution >= 0.6 is 0 Å². The Balaban J connectivity index is 3.41. The van der Waals surface area contributed by atoms with Gasteiger partial charge in [-0.05, 0) is 63.6 Å². The molecule has 0 aliphatic carbocycles. The summed E-state index contributed by atoms with van der Waals surface area (Å²) in [6.45, 7) is 15.9. The molecule has 12 nitrogen and oxygen atoms in total. The molecule has 0 fully saturated rings. The molecule has 2 N–H and O–H groups in total. The molecule has 1 aromatic carbocycles. The monoisotopic (exact) mass is 569 g/mol. The van der Waals surface area contributed by atoms with E-state index in [0.29, 0.717) is 12.8 Å². The minimum absolute atomic E-state index is 0.00171. The Morgan fingerprint density at radius 1 is 0.850 bits per heavy atom. The Bertz CT molecular complexity index is 1020. The van der Waals surface area contributed by atoms with Crippen molar-refractivity contribution in [3.05, 3.63) is 23.8 Å². The Labute approximate surface area is 235 Å². The number of hydrogen-bond acceptors (Lipinski definition) is 11. The lowest BCUT2D eigenvalue weighted by Crippen LogP contribution is -2.59. The molecule has 1 aromatic rings. The second kappa shape index (κ2) is 15.3. The fourth-order valence-corrected chi connectivity index (χ4v) is 3.05. The minimum Gasteiger partial charge on any atom is -0.477 e. The maximum Gasteiger partial charge on any atom is 0.514 e. The smallest absolute Gasteiger partial charge is 0.477 e. The van der Waals surface area contributed by atoms with Gasteiger partial charge in [0.1, 0.15) is 12.2 Å². The van der Waals surface area contributed by atoms with E-state index in [1.54, 1.807) is 27.7 Å². The highest BCUT2D eigenvalue weighted by Gasteiger charge is 2.44. The van der Waals surface area contributed by atoms with Crippen LogP contribution < -0.4 is 14.8 Å². The topological polar surface area (TPSA) is 156 Å². The van der Waals surface area contributed by atoms with Crippen molar-refractivity contribution in [1.29, 1.82) is 0 Å². The molecule has 0 aliphatic rings. The summed E-state index contributed by atoms with van der Waals surface area (Å²) in [6.07, 6.45) is -3.43. The maximum absolute atomic E-state index is 12.5. The molecule has 0 aliphatic heterocycles. The van der Waals surface area contributed by atoms with Crippen LogP contribution in [0.5, 0.6) is 11.5 Å². The molecule has 0 radical (unpaired) electrons. The van der Waals surface area contributed by atoms with Crippen molar-refractivity contribution in [1.82, 2.24) is 5.32 Å². The van der Waals surface area contributed by atoms with Gasteiger partial charge in [-0.25, -0.2) is 19.2 Å². The van der Waals surface area contributed by atoms with Crippen LogP contribution in [0, 0.1) is 5.41 Å². The molecule has 0 spiro atoms. The van der Waals surface area contributed by atoms with Gasteiger partial charge in [-0.1, -0.05) is 40.7 Å². The Hall–Kier alpha value is -3.54. The summed E-state index contributed by atoms with van der Waals surface area (Å²) in [5, 5.41) is 12.9. The van der Waals surface area contributed by atoms with Gasteiger partial charge in [-0.2, -0.15) is 0 Å². The average Bonchev–Trinajstić information content (AvgIpc) is 2.83. The van der Waals surface area contributed by atoms with E-state index in [-0.39, 0.29) is 29.1 Å². The molecule has 12 heteroatoms. The highest BCUT2D eigenvalue weighted by molar-refractivity contribution is 5.80. The summed E-state index contributed by atoms with van der Waals surface area (Å²) in [5.74, 6) is -1.88. The van der Waals surface area contributed by atoms with Gasteiger partial charge in [-0.3, -0.25) is 5.32 Å². The fourth-order valence-electron chi connectivity index (χ4n) is 3.05. The lowest BCUT2D eigenvalue weighted by molar-refractivity contribution is -0.167. The lowest BCUT2D eigenvalue weighted by Gasteiger charge is -2.32. The molecule has 0 saturated carbocycles. The molecule has 40 heavy (non-hydrogen) atoms. The number of rotatable bonds is 13. The molecule has 2 unspecified atom stereocenters. The van der Waals surface area contributed by atoms with Crippen LogP contribution in [-0.4, -0.2) is 60.1 Å². The van der Waals surface area contributed by atoms with E-state index < -0.39 is 54.8 Å². The van der Waals surface area contributed by atoms with Crippen LogP contribution in [-0.2, 0) is 30.2 Å². The number of hydrogen-bond donors (Lipinski definition) is 2. The molecule has 0 bridgehead atoms. The first-order chi connectivity index (χ1) is 18.5. The first kappa shape index (κ1) is 34.5. The standard InChI is InChI=1S/C28H43NO11/c1-10-18(5)36-25(33)38-21-13-12-20(14-22(21)39-26(34)37-19(6)11-2)15-28(23(30)31,29-17(3)4)40-24(32)35-16-27(7,8)9/h12-14,17-19,29H,10-11,15-16H2,1-9H3,(H,30,31)/t18?,19?,28-/m0/s1. The summed E-state index contributed by atoms with van der Waals surface area (Å²) in [6, 6.07) is 3.60.